The molecular formula is C17H20N6O. The molecule has 24 heavy (non-hydrogen) atoms. The molecule has 1 saturated heterocycles. The lowest BCUT2D eigenvalue weighted by Gasteiger charge is -2.36. The van der Waals surface area contributed by atoms with Crippen LogP contribution in [0.1, 0.15) is 47.2 Å². The van der Waals surface area contributed by atoms with Crippen molar-refractivity contribution in [3.8, 4) is 6.07 Å². The predicted octanol–water partition coefficient (Wildman–Crippen LogP) is 1.78. The van der Waals surface area contributed by atoms with Crippen LogP contribution in [0.5, 0.6) is 0 Å². The summed E-state index contributed by atoms with van der Waals surface area (Å²) in [7, 11) is 3.55. The summed E-state index contributed by atoms with van der Waals surface area (Å²) in [5.41, 5.74) is 2.04. The normalized spacial score (nSPS) is 17.4. The highest BCUT2D eigenvalue weighted by Crippen LogP contribution is 2.34. The zero-order valence-electron chi connectivity index (χ0n) is 13.9. The fraction of sp³-hybridized carbons (Fsp3) is 0.412. The Morgan fingerprint density at radius 3 is 2.83 bits per heavy atom. The fourth-order valence-corrected chi connectivity index (χ4v) is 3.26. The first kappa shape index (κ1) is 16.0. The molecule has 0 spiro atoms. The second kappa shape index (κ2) is 6.71. The largest absolute Gasteiger partial charge is 0.354 e. The molecule has 0 bridgehead atoms. The van der Waals surface area contributed by atoms with Crippen LogP contribution >= 0.6 is 0 Å². The van der Waals surface area contributed by atoms with Crippen molar-refractivity contribution >= 4 is 11.7 Å². The maximum Gasteiger partial charge on any atom is 0.267 e. The SMILES string of the molecule is CNC(=O)c1ccc(C2CCCCN2c2cnc(C#N)cn2)n1C. The molecule has 0 radical (unpaired) electrons. The fourth-order valence-electron chi connectivity index (χ4n) is 3.26. The zero-order chi connectivity index (χ0) is 17.1. The highest BCUT2D eigenvalue weighted by Gasteiger charge is 2.28. The molecule has 0 aliphatic carbocycles. The highest BCUT2D eigenvalue weighted by molar-refractivity contribution is 5.92. The van der Waals surface area contributed by atoms with Gasteiger partial charge in [-0.1, -0.05) is 0 Å². The van der Waals surface area contributed by atoms with E-state index in [1.165, 1.54) is 6.20 Å². The second-order valence-electron chi connectivity index (χ2n) is 5.86. The average Bonchev–Trinajstić information content (AvgIpc) is 3.02. The Morgan fingerprint density at radius 2 is 2.17 bits per heavy atom. The van der Waals surface area contributed by atoms with Crippen LogP contribution in [0.4, 0.5) is 5.82 Å². The van der Waals surface area contributed by atoms with Crippen LogP contribution in [0.2, 0.25) is 0 Å². The molecule has 1 unspecified atom stereocenters. The third-order valence-corrected chi connectivity index (χ3v) is 4.51. The van der Waals surface area contributed by atoms with E-state index in [-0.39, 0.29) is 11.9 Å². The number of carbonyl (C=O) groups excluding carboxylic acids is 1. The minimum atomic E-state index is -0.0933. The van der Waals surface area contributed by atoms with Crippen LogP contribution in [0, 0.1) is 11.3 Å². The number of aromatic nitrogens is 3. The lowest BCUT2D eigenvalue weighted by molar-refractivity contribution is 0.0954. The summed E-state index contributed by atoms with van der Waals surface area (Å²) >= 11 is 0. The van der Waals surface area contributed by atoms with Gasteiger partial charge in [0.2, 0.25) is 0 Å². The molecule has 1 atom stereocenters. The number of carbonyl (C=O) groups is 1. The summed E-state index contributed by atoms with van der Waals surface area (Å²) in [4.78, 5) is 22.7. The molecule has 3 rings (SSSR count). The highest BCUT2D eigenvalue weighted by atomic mass is 16.1. The van der Waals surface area contributed by atoms with Crippen molar-refractivity contribution in [2.45, 2.75) is 25.3 Å². The van der Waals surface area contributed by atoms with E-state index >= 15 is 0 Å². The maximum absolute atomic E-state index is 12.0. The summed E-state index contributed by atoms with van der Waals surface area (Å²) in [6.07, 6.45) is 6.37. The Hall–Kier alpha value is -2.88. The van der Waals surface area contributed by atoms with Gasteiger partial charge in [-0.3, -0.25) is 4.79 Å². The van der Waals surface area contributed by atoms with Gasteiger partial charge in [0.05, 0.1) is 18.4 Å². The number of hydrogen-bond acceptors (Lipinski definition) is 5. The molecule has 0 aromatic carbocycles. The second-order valence-corrected chi connectivity index (χ2v) is 5.86. The zero-order valence-corrected chi connectivity index (χ0v) is 13.9. The first-order valence-corrected chi connectivity index (χ1v) is 8.02. The van der Waals surface area contributed by atoms with Crippen molar-refractivity contribution in [1.82, 2.24) is 19.9 Å². The van der Waals surface area contributed by atoms with Crippen LogP contribution in [-0.4, -0.2) is 34.0 Å². The third kappa shape index (κ3) is 2.83. The molecule has 1 N–H and O–H groups in total. The summed E-state index contributed by atoms with van der Waals surface area (Å²) in [5, 5.41) is 11.5. The summed E-state index contributed by atoms with van der Waals surface area (Å²) < 4.78 is 1.94. The van der Waals surface area contributed by atoms with Gasteiger partial charge in [0, 0.05) is 26.3 Å². The number of amides is 1. The number of anilines is 1. The number of piperidine rings is 1. The van der Waals surface area contributed by atoms with Gasteiger partial charge in [0.1, 0.15) is 17.6 Å². The number of nitriles is 1. The van der Waals surface area contributed by atoms with Gasteiger partial charge in [-0.15, -0.1) is 0 Å². The van der Waals surface area contributed by atoms with Crippen LogP contribution in [0.25, 0.3) is 0 Å². The van der Waals surface area contributed by atoms with E-state index in [4.69, 9.17) is 5.26 Å². The molecule has 124 valence electrons. The lowest BCUT2D eigenvalue weighted by Crippen LogP contribution is -2.35. The quantitative estimate of drug-likeness (QED) is 0.930. The minimum absolute atomic E-state index is 0.0933. The third-order valence-electron chi connectivity index (χ3n) is 4.51. The van der Waals surface area contributed by atoms with Crippen LogP contribution in [0.3, 0.4) is 0 Å². The molecule has 7 nitrogen and oxygen atoms in total. The monoisotopic (exact) mass is 324 g/mol. The van der Waals surface area contributed by atoms with Gasteiger partial charge >= 0.3 is 0 Å². The molecule has 3 heterocycles. The Labute approximate surface area is 140 Å². The van der Waals surface area contributed by atoms with Crippen LogP contribution in [-0.2, 0) is 7.05 Å². The van der Waals surface area contributed by atoms with E-state index in [1.54, 1.807) is 13.2 Å². The van der Waals surface area contributed by atoms with E-state index < -0.39 is 0 Å². The number of hydrogen-bond donors (Lipinski definition) is 1. The van der Waals surface area contributed by atoms with Crippen LogP contribution < -0.4 is 10.2 Å². The van der Waals surface area contributed by atoms with Crippen molar-refractivity contribution in [1.29, 1.82) is 5.26 Å². The Kier molecular flexibility index (Phi) is 4.47. The van der Waals surface area contributed by atoms with E-state index in [1.807, 2.05) is 29.8 Å². The van der Waals surface area contributed by atoms with Gasteiger partial charge in [-0.2, -0.15) is 5.26 Å². The first-order valence-electron chi connectivity index (χ1n) is 8.02. The van der Waals surface area contributed by atoms with Crippen molar-refractivity contribution < 1.29 is 4.79 Å². The van der Waals surface area contributed by atoms with Gasteiger partial charge in [-0.05, 0) is 31.4 Å². The molecule has 1 fully saturated rings. The first-order chi connectivity index (χ1) is 11.7. The molecule has 1 aliphatic rings. The standard InChI is InChI=1S/C17H20N6O/c1-19-17(24)15-7-6-13(22(15)2)14-5-3-4-8-23(14)16-11-20-12(9-18)10-21-16/h6-7,10-11,14H,3-5,8H2,1-2H3,(H,19,24). The number of nitrogens with zero attached hydrogens (tertiary/aromatic N) is 5. The van der Waals surface area contributed by atoms with Crippen molar-refractivity contribution in [2.24, 2.45) is 7.05 Å². The van der Waals surface area contributed by atoms with Crippen molar-refractivity contribution in [2.75, 3.05) is 18.5 Å². The summed E-state index contributed by atoms with van der Waals surface area (Å²) in [5.74, 6) is 0.672. The van der Waals surface area contributed by atoms with Gasteiger partial charge in [0.15, 0.2) is 5.69 Å². The molecular weight excluding hydrogens is 304 g/mol. The maximum atomic E-state index is 12.0. The summed E-state index contributed by atoms with van der Waals surface area (Å²) in [6, 6.07) is 5.99. The molecule has 7 heteroatoms. The van der Waals surface area contributed by atoms with Crippen molar-refractivity contribution in [3.63, 3.8) is 0 Å². The molecule has 2 aromatic rings. The lowest BCUT2D eigenvalue weighted by atomic mass is 9.99. The number of rotatable bonds is 3. The van der Waals surface area contributed by atoms with E-state index in [0.717, 1.165) is 37.3 Å². The van der Waals surface area contributed by atoms with E-state index in [0.29, 0.717) is 11.4 Å². The van der Waals surface area contributed by atoms with Crippen LogP contribution in [0.15, 0.2) is 24.5 Å². The average molecular weight is 324 g/mol. The van der Waals surface area contributed by atoms with E-state index in [9.17, 15) is 4.79 Å². The molecule has 1 amide bonds. The summed E-state index contributed by atoms with van der Waals surface area (Å²) in [6.45, 7) is 0.881. The van der Waals surface area contributed by atoms with E-state index in [2.05, 4.69) is 20.2 Å². The molecule has 1 aliphatic heterocycles. The number of nitrogens with one attached hydrogen (secondary N) is 1. The molecule has 0 saturated carbocycles. The van der Waals surface area contributed by atoms with Gasteiger partial charge in [0.25, 0.3) is 5.91 Å². The Bertz CT molecular complexity index is 773. The van der Waals surface area contributed by atoms with Crippen molar-refractivity contribution in [3.05, 3.63) is 41.6 Å². The van der Waals surface area contributed by atoms with Gasteiger partial charge in [-0.25, -0.2) is 9.97 Å². The molecule has 2 aromatic heterocycles. The topological polar surface area (TPSA) is 86.8 Å². The Morgan fingerprint density at radius 1 is 1.33 bits per heavy atom. The van der Waals surface area contributed by atoms with Gasteiger partial charge < -0.3 is 14.8 Å². The minimum Gasteiger partial charge on any atom is -0.354 e. The smallest absolute Gasteiger partial charge is 0.267 e. The predicted molar refractivity (Wildman–Crippen MR) is 89.5 cm³/mol. The Balaban J connectivity index is 1.94.